The minimum absolute atomic E-state index is 0.275. The maximum absolute atomic E-state index is 9.87. The van der Waals surface area contributed by atoms with Gasteiger partial charge in [-0.1, -0.05) is 6.07 Å². The lowest BCUT2D eigenvalue weighted by Crippen LogP contribution is -2.33. The number of ether oxygens (including phenoxy) is 2. The second-order valence-electron chi connectivity index (χ2n) is 5.62. The highest BCUT2D eigenvalue weighted by Gasteiger charge is 2.20. The molecule has 0 saturated heterocycles. The van der Waals surface area contributed by atoms with Crippen LogP contribution in [-0.4, -0.2) is 44.1 Å². The third-order valence-electron chi connectivity index (χ3n) is 3.37. The van der Waals surface area contributed by atoms with Crippen molar-refractivity contribution in [3.8, 4) is 5.75 Å². The lowest BCUT2D eigenvalue weighted by molar-refractivity contribution is 0.0965. The Morgan fingerprint density at radius 1 is 1.43 bits per heavy atom. The number of halogens is 1. The fourth-order valence-electron chi connectivity index (χ4n) is 1.92. The van der Waals surface area contributed by atoms with Crippen molar-refractivity contribution in [2.45, 2.75) is 25.9 Å². The van der Waals surface area contributed by atoms with Crippen molar-refractivity contribution in [3.05, 3.63) is 28.2 Å². The molecule has 1 aromatic carbocycles. The van der Waals surface area contributed by atoms with E-state index in [4.69, 9.17) is 9.47 Å². The summed E-state index contributed by atoms with van der Waals surface area (Å²) in [6.07, 6.45) is 2.11. The molecule has 0 spiro atoms. The molecule has 1 aliphatic rings. The van der Waals surface area contributed by atoms with E-state index < -0.39 is 6.10 Å². The zero-order valence-corrected chi connectivity index (χ0v) is 14.1. The molecule has 0 radical (unpaired) electrons. The Labute approximate surface area is 135 Å². The summed E-state index contributed by atoms with van der Waals surface area (Å²) in [6.45, 7) is 5.16. The number of hydrogen-bond acceptors (Lipinski definition) is 4. The predicted molar refractivity (Wildman–Crippen MR) is 86.8 cm³/mol. The summed E-state index contributed by atoms with van der Waals surface area (Å²) in [5, 5.41) is 13.0. The van der Waals surface area contributed by atoms with Crippen LogP contribution < -0.4 is 10.1 Å². The van der Waals surface area contributed by atoms with Crippen LogP contribution in [0.15, 0.2) is 22.7 Å². The van der Waals surface area contributed by atoms with Crippen molar-refractivity contribution in [2.24, 2.45) is 5.92 Å². The largest absolute Gasteiger partial charge is 0.490 e. The standard InChI is InChI=1S/C16H24BrNO3/c1-12-2-5-16(15(17)8-12)21-11-14(19)9-18-6-7-20-10-13-3-4-13/h2,5,8,13-14,18-19H,3-4,6-7,9-11H2,1H3. The zero-order chi connectivity index (χ0) is 15.1. The van der Waals surface area contributed by atoms with E-state index in [1.165, 1.54) is 18.4 Å². The summed E-state index contributed by atoms with van der Waals surface area (Å²) in [4.78, 5) is 0. The van der Waals surface area contributed by atoms with Crippen molar-refractivity contribution in [2.75, 3.05) is 32.9 Å². The van der Waals surface area contributed by atoms with Crippen LogP contribution in [0.2, 0.25) is 0 Å². The summed E-state index contributed by atoms with van der Waals surface area (Å²) in [5.74, 6) is 1.56. The second-order valence-corrected chi connectivity index (χ2v) is 6.48. The molecule has 1 saturated carbocycles. The molecule has 1 unspecified atom stereocenters. The van der Waals surface area contributed by atoms with Gasteiger partial charge in [-0.2, -0.15) is 0 Å². The number of nitrogens with one attached hydrogen (secondary N) is 1. The Morgan fingerprint density at radius 3 is 2.95 bits per heavy atom. The molecule has 118 valence electrons. The third kappa shape index (κ3) is 6.78. The number of hydrogen-bond donors (Lipinski definition) is 2. The molecule has 2 rings (SSSR count). The topological polar surface area (TPSA) is 50.7 Å². The molecule has 1 aliphatic carbocycles. The quantitative estimate of drug-likeness (QED) is 0.631. The third-order valence-corrected chi connectivity index (χ3v) is 3.99. The van der Waals surface area contributed by atoms with E-state index >= 15 is 0 Å². The molecule has 1 aromatic rings. The van der Waals surface area contributed by atoms with Crippen LogP contribution in [0, 0.1) is 12.8 Å². The van der Waals surface area contributed by atoms with Gasteiger partial charge in [-0.05, 0) is 59.3 Å². The molecule has 5 heteroatoms. The highest BCUT2D eigenvalue weighted by atomic mass is 79.9. The molecule has 0 heterocycles. The van der Waals surface area contributed by atoms with Gasteiger partial charge < -0.3 is 19.9 Å². The van der Waals surface area contributed by atoms with Crippen molar-refractivity contribution in [1.29, 1.82) is 0 Å². The number of rotatable bonds is 10. The molecule has 0 bridgehead atoms. The van der Waals surface area contributed by atoms with Gasteiger partial charge >= 0.3 is 0 Å². The number of aliphatic hydroxyl groups is 1. The first-order valence-electron chi connectivity index (χ1n) is 7.50. The van der Waals surface area contributed by atoms with E-state index in [0.29, 0.717) is 13.2 Å². The van der Waals surface area contributed by atoms with Gasteiger partial charge in [0.2, 0.25) is 0 Å². The lowest BCUT2D eigenvalue weighted by atomic mass is 10.2. The van der Waals surface area contributed by atoms with Gasteiger partial charge in [0.25, 0.3) is 0 Å². The van der Waals surface area contributed by atoms with Crippen LogP contribution in [0.3, 0.4) is 0 Å². The van der Waals surface area contributed by atoms with Gasteiger partial charge in [-0.15, -0.1) is 0 Å². The van der Waals surface area contributed by atoms with Gasteiger partial charge in [-0.25, -0.2) is 0 Å². The molecule has 1 atom stereocenters. The van der Waals surface area contributed by atoms with Crippen LogP contribution >= 0.6 is 15.9 Å². The summed E-state index contributed by atoms with van der Waals surface area (Å²) in [7, 11) is 0. The molecule has 0 amide bonds. The minimum atomic E-state index is -0.526. The number of aliphatic hydroxyl groups excluding tert-OH is 1. The SMILES string of the molecule is Cc1ccc(OCC(O)CNCCOCC2CC2)c(Br)c1. The zero-order valence-electron chi connectivity index (χ0n) is 12.5. The summed E-state index contributed by atoms with van der Waals surface area (Å²) >= 11 is 3.46. The average molecular weight is 358 g/mol. The predicted octanol–water partition coefficient (Wildman–Crippen LogP) is 2.51. The van der Waals surface area contributed by atoms with E-state index in [-0.39, 0.29) is 6.61 Å². The Kier molecular flexibility index (Phi) is 6.96. The Hall–Kier alpha value is -0.620. The smallest absolute Gasteiger partial charge is 0.133 e. The highest BCUT2D eigenvalue weighted by molar-refractivity contribution is 9.10. The van der Waals surface area contributed by atoms with Crippen LogP contribution in [0.25, 0.3) is 0 Å². The van der Waals surface area contributed by atoms with Crippen LogP contribution in [0.1, 0.15) is 18.4 Å². The van der Waals surface area contributed by atoms with Gasteiger partial charge in [0.15, 0.2) is 0 Å². The van der Waals surface area contributed by atoms with E-state index in [1.54, 1.807) is 0 Å². The first kappa shape index (κ1) is 16.7. The van der Waals surface area contributed by atoms with Crippen LogP contribution in [0.4, 0.5) is 0 Å². The fourth-order valence-corrected chi connectivity index (χ4v) is 2.52. The maximum atomic E-state index is 9.87. The van der Waals surface area contributed by atoms with Crippen molar-refractivity contribution < 1.29 is 14.6 Å². The average Bonchev–Trinajstić information content (AvgIpc) is 3.26. The molecule has 1 fully saturated rings. The highest BCUT2D eigenvalue weighted by Crippen LogP contribution is 2.28. The van der Waals surface area contributed by atoms with Crippen molar-refractivity contribution in [3.63, 3.8) is 0 Å². The minimum Gasteiger partial charge on any atom is -0.490 e. The monoisotopic (exact) mass is 357 g/mol. The van der Waals surface area contributed by atoms with E-state index in [9.17, 15) is 5.11 Å². The summed E-state index contributed by atoms with van der Waals surface area (Å²) in [6, 6.07) is 5.89. The van der Waals surface area contributed by atoms with Crippen molar-refractivity contribution in [1.82, 2.24) is 5.32 Å². The van der Waals surface area contributed by atoms with Gasteiger partial charge in [0.05, 0.1) is 11.1 Å². The Bertz CT molecular complexity index is 438. The summed E-state index contributed by atoms with van der Waals surface area (Å²) < 4.78 is 12.0. The molecular weight excluding hydrogens is 334 g/mol. The lowest BCUT2D eigenvalue weighted by Gasteiger charge is -2.14. The van der Waals surface area contributed by atoms with E-state index in [2.05, 4.69) is 21.2 Å². The molecular formula is C16H24BrNO3. The normalized spacial score (nSPS) is 16.0. The van der Waals surface area contributed by atoms with E-state index in [1.807, 2.05) is 25.1 Å². The van der Waals surface area contributed by atoms with Crippen LogP contribution in [0.5, 0.6) is 5.75 Å². The van der Waals surface area contributed by atoms with Gasteiger partial charge in [-0.3, -0.25) is 0 Å². The Morgan fingerprint density at radius 2 is 2.24 bits per heavy atom. The van der Waals surface area contributed by atoms with Gasteiger partial charge in [0.1, 0.15) is 18.5 Å². The fraction of sp³-hybridized carbons (Fsp3) is 0.625. The molecule has 0 aliphatic heterocycles. The second kappa shape index (κ2) is 8.73. The van der Waals surface area contributed by atoms with Gasteiger partial charge in [0, 0.05) is 19.7 Å². The molecule has 21 heavy (non-hydrogen) atoms. The Balaban J connectivity index is 1.53. The number of aryl methyl sites for hydroxylation is 1. The van der Waals surface area contributed by atoms with Crippen LogP contribution in [-0.2, 0) is 4.74 Å². The molecule has 0 aromatic heterocycles. The molecule has 4 nitrogen and oxygen atoms in total. The van der Waals surface area contributed by atoms with Crippen molar-refractivity contribution >= 4 is 15.9 Å². The molecule has 2 N–H and O–H groups in total. The first-order valence-corrected chi connectivity index (χ1v) is 8.30. The van der Waals surface area contributed by atoms with E-state index in [0.717, 1.165) is 29.3 Å². The maximum Gasteiger partial charge on any atom is 0.133 e. The first-order chi connectivity index (χ1) is 10.1. The summed E-state index contributed by atoms with van der Waals surface area (Å²) in [5.41, 5.74) is 1.17. The number of benzene rings is 1.